The average Bonchev–Trinajstić information content (AvgIpc) is 2.44. The number of hydrogen-bond donors (Lipinski definition) is 2. The van der Waals surface area contributed by atoms with Crippen molar-refractivity contribution >= 4 is 39.9 Å². The van der Waals surface area contributed by atoms with E-state index in [4.69, 9.17) is 0 Å². The van der Waals surface area contributed by atoms with Crippen molar-refractivity contribution < 1.29 is 9.18 Å². The molecule has 1 saturated heterocycles. The molecule has 0 spiro atoms. The Morgan fingerprint density at radius 1 is 1.57 bits per heavy atom. The highest BCUT2D eigenvalue weighted by atomic mass is 79.9. The Morgan fingerprint density at radius 3 is 2.95 bits per heavy atom. The number of amides is 1. The van der Waals surface area contributed by atoms with Gasteiger partial charge in [0.25, 0.3) is 0 Å². The Morgan fingerprint density at radius 2 is 2.33 bits per heavy atom. The second-order valence-electron chi connectivity index (χ2n) is 5.46. The lowest BCUT2D eigenvalue weighted by Gasteiger charge is -2.28. The summed E-state index contributed by atoms with van der Waals surface area (Å²) < 4.78 is 13.8. The quantitative estimate of drug-likeness (QED) is 0.831. The Kier molecular flexibility index (Phi) is 7.63. The molecule has 2 unspecified atom stereocenters. The number of carbonyl (C=O) groups excluding carboxylic acids is 1. The molecule has 118 valence electrons. The van der Waals surface area contributed by atoms with E-state index >= 15 is 0 Å². The van der Waals surface area contributed by atoms with E-state index in [1.165, 1.54) is 18.9 Å². The minimum atomic E-state index is -0.368. The molecule has 21 heavy (non-hydrogen) atoms. The molecule has 1 heterocycles. The first-order chi connectivity index (χ1) is 9.56. The van der Waals surface area contributed by atoms with Crippen LogP contribution in [0.4, 0.5) is 10.1 Å². The Labute approximate surface area is 139 Å². The number of rotatable bonds is 4. The van der Waals surface area contributed by atoms with Crippen LogP contribution in [-0.2, 0) is 4.79 Å². The molecule has 0 aromatic heterocycles. The monoisotopic (exact) mass is 378 g/mol. The van der Waals surface area contributed by atoms with Crippen molar-refractivity contribution in [2.45, 2.75) is 26.2 Å². The largest absolute Gasteiger partial charge is 0.326 e. The summed E-state index contributed by atoms with van der Waals surface area (Å²) in [5, 5.41) is 6.13. The first-order valence-electron chi connectivity index (χ1n) is 7.02. The van der Waals surface area contributed by atoms with E-state index in [0.717, 1.165) is 13.1 Å². The molecular formula is C15H21BrClFN2O. The van der Waals surface area contributed by atoms with Gasteiger partial charge in [0.05, 0.1) is 4.47 Å². The molecule has 0 bridgehead atoms. The predicted molar refractivity (Wildman–Crippen MR) is 89.4 cm³/mol. The Hall–Kier alpha value is -0.650. The first kappa shape index (κ1) is 18.4. The van der Waals surface area contributed by atoms with Crippen LogP contribution in [0.1, 0.15) is 26.2 Å². The van der Waals surface area contributed by atoms with Crippen LogP contribution in [0.25, 0.3) is 0 Å². The number of benzene rings is 1. The fraction of sp³-hybridized carbons (Fsp3) is 0.533. The molecule has 1 fully saturated rings. The number of carbonyl (C=O) groups is 1. The molecule has 1 aliphatic rings. The zero-order chi connectivity index (χ0) is 14.5. The lowest BCUT2D eigenvalue weighted by Crippen LogP contribution is -2.34. The Bertz CT molecular complexity index is 481. The van der Waals surface area contributed by atoms with Gasteiger partial charge in [-0.3, -0.25) is 4.79 Å². The van der Waals surface area contributed by atoms with E-state index in [1.54, 1.807) is 12.1 Å². The second kappa shape index (κ2) is 8.71. The third-order valence-electron chi connectivity index (χ3n) is 3.85. The van der Waals surface area contributed by atoms with Crippen LogP contribution >= 0.6 is 28.3 Å². The molecule has 1 aliphatic heterocycles. The van der Waals surface area contributed by atoms with Gasteiger partial charge in [0.1, 0.15) is 5.82 Å². The number of halogens is 3. The first-order valence-corrected chi connectivity index (χ1v) is 7.81. The third-order valence-corrected chi connectivity index (χ3v) is 4.49. The van der Waals surface area contributed by atoms with Crippen LogP contribution < -0.4 is 10.6 Å². The minimum absolute atomic E-state index is 0. The van der Waals surface area contributed by atoms with Crippen LogP contribution in [0.5, 0.6) is 0 Å². The summed E-state index contributed by atoms with van der Waals surface area (Å²) in [6.07, 6.45) is 2.83. The fourth-order valence-corrected chi connectivity index (χ4v) is 2.86. The fourth-order valence-electron chi connectivity index (χ4n) is 2.61. The van der Waals surface area contributed by atoms with E-state index in [2.05, 4.69) is 33.5 Å². The van der Waals surface area contributed by atoms with Gasteiger partial charge in [-0.15, -0.1) is 12.4 Å². The summed E-state index contributed by atoms with van der Waals surface area (Å²) in [4.78, 5) is 12.0. The molecule has 2 rings (SSSR count). The van der Waals surface area contributed by atoms with Gasteiger partial charge in [-0.2, -0.15) is 0 Å². The maximum atomic E-state index is 13.4. The van der Waals surface area contributed by atoms with Crippen molar-refractivity contribution in [1.29, 1.82) is 0 Å². The average molecular weight is 380 g/mol. The van der Waals surface area contributed by atoms with E-state index in [9.17, 15) is 9.18 Å². The molecule has 1 aromatic rings. The molecule has 1 amide bonds. The van der Waals surface area contributed by atoms with E-state index in [1.807, 2.05) is 0 Å². The molecule has 0 saturated carbocycles. The molecule has 0 radical (unpaired) electrons. The minimum Gasteiger partial charge on any atom is -0.326 e. The normalized spacial score (nSPS) is 19.5. The molecule has 3 nitrogen and oxygen atoms in total. The van der Waals surface area contributed by atoms with Gasteiger partial charge in [-0.05, 0) is 71.9 Å². The van der Waals surface area contributed by atoms with Crippen molar-refractivity contribution in [3.63, 3.8) is 0 Å². The summed E-state index contributed by atoms with van der Waals surface area (Å²) in [5.74, 6) is 0.469. The lowest BCUT2D eigenvalue weighted by atomic mass is 9.85. The molecule has 1 aromatic carbocycles. The summed E-state index contributed by atoms with van der Waals surface area (Å²) >= 11 is 3.09. The van der Waals surface area contributed by atoms with Crippen molar-refractivity contribution in [2.75, 3.05) is 18.4 Å². The van der Waals surface area contributed by atoms with Gasteiger partial charge in [0, 0.05) is 12.1 Å². The smallest absolute Gasteiger partial charge is 0.224 e. The van der Waals surface area contributed by atoms with Crippen LogP contribution in [-0.4, -0.2) is 19.0 Å². The van der Waals surface area contributed by atoms with Gasteiger partial charge in [-0.25, -0.2) is 4.39 Å². The van der Waals surface area contributed by atoms with Crippen LogP contribution in [0, 0.1) is 17.7 Å². The number of hydrogen-bond acceptors (Lipinski definition) is 2. The van der Waals surface area contributed by atoms with E-state index in [0.29, 0.717) is 28.4 Å². The highest BCUT2D eigenvalue weighted by Crippen LogP contribution is 2.24. The topological polar surface area (TPSA) is 41.1 Å². The van der Waals surface area contributed by atoms with Gasteiger partial charge >= 0.3 is 0 Å². The van der Waals surface area contributed by atoms with Gasteiger partial charge < -0.3 is 10.6 Å². The summed E-state index contributed by atoms with van der Waals surface area (Å²) in [6, 6.07) is 4.62. The number of nitrogens with one attached hydrogen (secondary N) is 2. The molecular weight excluding hydrogens is 359 g/mol. The Balaban J connectivity index is 0.00000220. The highest BCUT2D eigenvalue weighted by molar-refractivity contribution is 9.10. The van der Waals surface area contributed by atoms with E-state index in [-0.39, 0.29) is 24.1 Å². The highest BCUT2D eigenvalue weighted by Gasteiger charge is 2.22. The zero-order valence-corrected chi connectivity index (χ0v) is 14.4. The van der Waals surface area contributed by atoms with Gasteiger partial charge in [0.2, 0.25) is 5.91 Å². The van der Waals surface area contributed by atoms with Crippen molar-refractivity contribution in [3.05, 3.63) is 28.5 Å². The van der Waals surface area contributed by atoms with Gasteiger partial charge in [-0.1, -0.05) is 6.92 Å². The van der Waals surface area contributed by atoms with Crippen molar-refractivity contribution in [1.82, 2.24) is 5.32 Å². The van der Waals surface area contributed by atoms with E-state index < -0.39 is 0 Å². The third kappa shape index (κ3) is 5.57. The summed E-state index contributed by atoms with van der Waals surface area (Å²) in [5.41, 5.74) is 0.504. The molecule has 2 N–H and O–H groups in total. The van der Waals surface area contributed by atoms with Crippen LogP contribution in [0.15, 0.2) is 22.7 Å². The van der Waals surface area contributed by atoms with Crippen LogP contribution in [0.3, 0.4) is 0 Å². The van der Waals surface area contributed by atoms with Crippen LogP contribution in [0.2, 0.25) is 0 Å². The maximum absolute atomic E-state index is 13.4. The zero-order valence-electron chi connectivity index (χ0n) is 12.0. The lowest BCUT2D eigenvalue weighted by molar-refractivity contribution is -0.117. The predicted octanol–water partition coefficient (Wildman–Crippen LogP) is 3.97. The molecule has 2 atom stereocenters. The summed E-state index contributed by atoms with van der Waals surface area (Å²) in [7, 11) is 0. The molecule has 6 heteroatoms. The summed E-state index contributed by atoms with van der Waals surface area (Å²) in [6.45, 7) is 4.17. The number of anilines is 1. The second-order valence-corrected chi connectivity index (χ2v) is 6.32. The van der Waals surface area contributed by atoms with Crippen molar-refractivity contribution in [2.24, 2.45) is 11.8 Å². The SMILES string of the molecule is CC(CC(=O)Nc1ccc(Br)c(F)c1)C1CCCNC1.Cl. The van der Waals surface area contributed by atoms with Gasteiger partial charge in [0.15, 0.2) is 0 Å². The maximum Gasteiger partial charge on any atom is 0.224 e. The number of piperidine rings is 1. The standard InChI is InChI=1S/C15H20BrFN2O.ClH/c1-10(11-3-2-6-18-9-11)7-15(20)19-12-4-5-13(16)14(17)8-12;/h4-5,8,10-11,18H,2-3,6-7,9H2,1H3,(H,19,20);1H. The molecule has 0 aliphatic carbocycles. The van der Waals surface area contributed by atoms with Crippen molar-refractivity contribution in [3.8, 4) is 0 Å².